The van der Waals surface area contributed by atoms with Gasteiger partial charge >= 0.3 is 5.63 Å². The average molecular weight is 286 g/mol. The highest BCUT2D eigenvalue weighted by Gasteiger charge is 2.15. The molecule has 0 radical (unpaired) electrons. The molecule has 1 N–H and O–H groups in total. The minimum absolute atomic E-state index is 0.0633. The van der Waals surface area contributed by atoms with Crippen molar-refractivity contribution in [3.05, 3.63) is 53.1 Å². The first kappa shape index (κ1) is 13.5. The molecule has 0 fully saturated rings. The molecule has 0 saturated heterocycles. The highest BCUT2D eigenvalue weighted by Crippen LogP contribution is 2.35. The van der Waals surface area contributed by atoms with Crippen molar-refractivity contribution in [3.63, 3.8) is 0 Å². The monoisotopic (exact) mass is 286 g/mol. The predicted octanol–water partition coefficient (Wildman–Crippen LogP) is 2.86. The minimum atomic E-state index is -0.766. The Morgan fingerprint density at radius 1 is 1.33 bits per heavy atom. The van der Waals surface area contributed by atoms with Gasteiger partial charge in [-0.3, -0.25) is 0 Å². The fraction of sp³-hybridized carbons (Fsp3) is 0.188. The molecule has 0 saturated carbocycles. The first-order chi connectivity index (χ1) is 10.1. The average Bonchev–Trinajstić information content (AvgIpc) is 2.90. The largest absolute Gasteiger partial charge is 0.489 e. The molecule has 0 bridgehead atoms. The Kier molecular flexibility index (Phi) is 3.27. The molecule has 0 aliphatic rings. The maximum Gasteiger partial charge on any atom is 0.336 e. The van der Waals surface area contributed by atoms with Crippen LogP contribution in [0.25, 0.3) is 21.9 Å². The summed E-state index contributed by atoms with van der Waals surface area (Å²) >= 11 is 0. The van der Waals surface area contributed by atoms with Crippen LogP contribution in [-0.2, 0) is 0 Å². The van der Waals surface area contributed by atoms with Crippen molar-refractivity contribution < 1.29 is 18.7 Å². The molecule has 2 aromatic heterocycles. The summed E-state index contributed by atoms with van der Waals surface area (Å²) in [7, 11) is 0. The van der Waals surface area contributed by atoms with Crippen molar-refractivity contribution in [2.75, 3.05) is 6.61 Å². The Morgan fingerprint density at radius 3 is 2.86 bits per heavy atom. The maximum absolute atomic E-state index is 11.3. The van der Waals surface area contributed by atoms with Crippen molar-refractivity contribution in [1.29, 1.82) is 0 Å². The standard InChI is InChI=1S/C16H14O5/c1-9(2)12(17)8-20-16-10-3-4-15(18)21-14(10)7-13-11(16)5-6-19-13/h3-7,12,17H,1,8H2,2H3. The van der Waals surface area contributed by atoms with Gasteiger partial charge in [-0.2, -0.15) is 0 Å². The lowest BCUT2D eigenvalue weighted by Crippen LogP contribution is -2.18. The number of hydrogen-bond donors (Lipinski definition) is 1. The fourth-order valence-corrected chi connectivity index (χ4v) is 2.07. The quantitative estimate of drug-likeness (QED) is 0.589. The first-order valence-electron chi connectivity index (χ1n) is 6.46. The van der Waals surface area contributed by atoms with Gasteiger partial charge in [0.2, 0.25) is 0 Å². The van der Waals surface area contributed by atoms with Gasteiger partial charge < -0.3 is 18.7 Å². The van der Waals surface area contributed by atoms with Gasteiger partial charge in [0, 0.05) is 12.1 Å². The smallest absolute Gasteiger partial charge is 0.336 e. The van der Waals surface area contributed by atoms with Crippen LogP contribution in [0, 0.1) is 0 Å². The van der Waals surface area contributed by atoms with E-state index in [-0.39, 0.29) is 6.61 Å². The van der Waals surface area contributed by atoms with Crippen molar-refractivity contribution in [2.24, 2.45) is 0 Å². The summed E-state index contributed by atoms with van der Waals surface area (Å²) in [5, 5.41) is 11.2. The molecular formula is C16H14O5. The molecule has 21 heavy (non-hydrogen) atoms. The molecule has 1 atom stereocenters. The highest BCUT2D eigenvalue weighted by atomic mass is 16.5. The Labute approximate surface area is 120 Å². The van der Waals surface area contributed by atoms with Gasteiger partial charge in [-0.05, 0) is 24.6 Å². The second-order valence-electron chi connectivity index (χ2n) is 4.88. The lowest BCUT2D eigenvalue weighted by Gasteiger charge is -2.14. The number of fused-ring (bicyclic) bond motifs is 2. The van der Waals surface area contributed by atoms with Crippen molar-refractivity contribution in [2.45, 2.75) is 13.0 Å². The number of aliphatic hydroxyl groups excluding tert-OH is 1. The van der Waals surface area contributed by atoms with E-state index in [0.29, 0.717) is 27.9 Å². The molecule has 0 aliphatic carbocycles. The highest BCUT2D eigenvalue weighted by molar-refractivity contribution is 6.01. The zero-order valence-corrected chi connectivity index (χ0v) is 11.5. The molecule has 108 valence electrons. The Hall–Kier alpha value is -2.53. The fourth-order valence-electron chi connectivity index (χ4n) is 2.07. The van der Waals surface area contributed by atoms with Crippen LogP contribution in [0.5, 0.6) is 5.75 Å². The van der Waals surface area contributed by atoms with Gasteiger partial charge in [0.15, 0.2) is 0 Å². The molecule has 0 aliphatic heterocycles. The van der Waals surface area contributed by atoms with E-state index in [1.54, 1.807) is 25.1 Å². The summed E-state index contributed by atoms with van der Waals surface area (Å²) in [6.07, 6.45) is 0.766. The number of benzene rings is 1. The van der Waals surface area contributed by atoms with Crippen molar-refractivity contribution in [3.8, 4) is 5.75 Å². The van der Waals surface area contributed by atoms with E-state index < -0.39 is 11.7 Å². The van der Waals surface area contributed by atoms with Gasteiger partial charge in [0.1, 0.15) is 29.6 Å². The summed E-state index contributed by atoms with van der Waals surface area (Å²) in [5.74, 6) is 0.514. The van der Waals surface area contributed by atoms with E-state index in [9.17, 15) is 9.90 Å². The number of ether oxygens (including phenoxy) is 1. The normalized spacial score (nSPS) is 12.7. The van der Waals surface area contributed by atoms with Crippen LogP contribution in [0.3, 0.4) is 0 Å². The summed E-state index contributed by atoms with van der Waals surface area (Å²) in [5.41, 5.74) is 1.10. The van der Waals surface area contributed by atoms with Crippen LogP contribution in [0.4, 0.5) is 0 Å². The third-order valence-electron chi connectivity index (χ3n) is 3.26. The molecule has 5 heteroatoms. The van der Waals surface area contributed by atoms with Gasteiger partial charge in [0.25, 0.3) is 0 Å². The third-order valence-corrected chi connectivity index (χ3v) is 3.26. The zero-order valence-electron chi connectivity index (χ0n) is 11.5. The molecule has 2 heterocycles. The van der Waals surface area contributed by atoms with E-state index in [1.807, 2.05) is 0 Å². The van der Waals surface area contributed by atoms with Crippen LogP contribution in [0.1, 0.15) is 6.92 Å². The Balaban J connectivity index is 2.14. The predicted molar refractivity (Wildman–Crippen MR) is 78.6 cm³/mol. The zero-order chi connectivity index (χ0) is 15.0. The molecular weight excluding hydrogens is 272 g/mol. The molecule has 0 amide bonds. The maximum atomic E-state index is 11.3. The first-order valence-corrected chi connectivity index (χ1v) is 6.46. The van der Waals surface area contributed by atoms with Gasteiger partial charge in [-0.15, -0.1) is 0 Å². The number of hydrogen-bond acceptors (Lipinski definition) is 5. The van der Waals surface area contributed by atoms with Crippen LogP contribution >= 0.6 is 0 Å². The Morgan fingerprint density at radius 2 is 2.10 bits per heavy atom. The molecule has 1 aromatic carbocycles. The van der Waals surface area contributed by atoms with Crippen molar-refractivity contribution >= 4 is 21.9 Å². The number of aliphatic hydroxyl groups is 1. The summed E-state index contributed by atoms with van der Waals surface area (Å²) in [6, 6.07) is 6.38. The van der Waals surface area contributed by atoms with E-state index in [4.69, 9.17) is 13.6 Å². The lowest BCUT2D eigenvalue weighted by molar-refractivity contribution is 0.137. The van der Waals surface area contributed by atoms with Gasteiger partial charge in [-0.25, -0.2) is 4.79 Å². The Bertz CT molecular complexity index is 871. The third kappa shape index (κ3) is 2.43. The lowest BCUT2D eigenvalue weighted by atomic mass is 10.1. The summed E-state index contributed by atoms with van der Waals surface area (Å²) < 4.78 is 16.2. The minimum Gasteiger partial charge on any atom is -0.489 e. The summed E-state index contributed by atoms with van der Waals surface area (Å²) in [6.45, 7) is 5.47. The second-order valence-corrected chi connectivity index (χ2v) is 4.88. The molecule has 3 aromatic rings. The van der Waals surface area contributed by atoms with Crippen LogP contribution in [-0.4, -0.2) is 17.8 Å². The topological polar surface area (TPSA) is 72.8 Å². The van der Waals surface area contributed by atoms with Crippen molar-refractivity contribution in [1.82, 2.24) is 0 Å². The molecule has 5 nitrogen and oxygen atoms in total. The van der Waals surface area contributed by atoms with Gasteiger partial charge in [0.05, 0.1) is 17.0 Å². The van der Waals surface area contributed by atoms with E-state index in [0.717, 1.165) is 5.39 Å². The number of furan rings is 1. The van der Waals surface area contributed by atoms with Gasteiger partial charge in [-0.1, -0.05) is 6.58 Å². The van der Waals surface area contributed by atoms with Crippen LogP contribution < -0.4 is 10.4 Å². The second kappa shape index (κ2) is 5.10. The van der Waals surface area contributed by atoms with E-state index in [2.05, 4.69) is 6.58 Å². The van der Waals surface area contributed by atoms with Crippen LogP contribution in [0.15, 0.2) is 56.3 Å². The van der Waals surface area contributed by atoms with E-state index >= 15 is 0 Å². The van der Waals surface area contributed by atoms with E-state index in [1.165, 1.54) is 12.3 Å². The SMILES string of the molecule is C=C(C)C(O)COc1c2ccoc2cc2oc(=O)ccc12. The summed E-state index contributed by atoms with van der Waals surface area (Å²) in [4.78, 5) is 11.3. The molecule has 0 spiro atoms. The van der Waals surface area contributed by atoms with Crippen LogP contribution in [0.2, 0.25) is 0 Å². The number of rotatable bonds is 4. The molecule has 3 rings (SSSR count). The molecule has 1 unspecified atom stereocenters.